The van der Waals surface area contributed by atoms with E-state index in [1.807, 2.05) is 50.2 Å². The Morgan fingerprint density at radius 3 is 2.78 bits per heavy atom. The van der Waals surface area contributed by atoms with E-state index in [1.165, 1.54) is 4.70 Å². The zero-order valence-electron chi connectivity index (χ0n) is 13.4. The van der Waals surface area contributed by atoms with Gasteiger partial charge in [-0.1, -0.05) is 17.3 Å². The molecule has 2 aromatic carbocycles. The van der Waals surface area contributed by atoms with Crippen molar-refractivity contribution >= 4 is 27.3 Å². The van der Waals surface area contributed by atoms with Gasteiger partial charge in [0.05, 0.1) is 15.9 Å². The van der Waals surface area contributed by atoms with E-state index in [0.29, 0.717) is 6.61 Å². The van der Waals surface area contributed by atoms with Gasteiger partial charge in [0, 0.05) is 5.56 Å². The summed E-state index contributed by atoms with van der Waals surface area (Å²) < 4.78 is 7.06. The minimum Gasteiger partial charge on any atom is -0.486 e. The Balaban J connectivity index is 1.73. The third kappa shape index (κ3) is 3.51. The summed E-state index contributed by atoms with van der Waals surface area (Å²) in [5, 5.41) is 4.95. The normalized spacial score (nSPS) is 11.7. The van der Waals surface area contributed by atoms with Crippen LogP contribution in [0.15, 0.2) is 47.6 Å². The molecule has 1 aromatic heterocycles. The Bertz CT molecular complexity index is 822. The van der Waals surface area contributed by atoms with Crippen LogP contribution in [0.3, 0.4) is 0 Å². The van der Waals surface area contributed by atoms with Crippen molar-refractivity contribution in [2.75, 3.05) is 7.11 Å². The first kappa shape index (κ1) is 15.5. The minimum absolute atomic E-state index is 0.475. The second-order valence-corrected chi connectivity index (χ2v) is 6.32. The van der Waals surface area contributed by atoms with Crippen molar-refractivity contribution in [3.63, 3.8) is 0 Å². The van der Waals surface area contributed by atoms with E-state index < -0.39 is 0 Å². The summed E-state index contributed by atoms with van der Waals surface area (Å²) >= 11 is 1.66. The number of nitrogens with zero attached hydrogens (tertiary/aromatic N) is 2. The fourth-order valence-electron chi connectivity index (χ4n) is 2.44. The molecule has 0 N–H and O–H groups in total. The van der Waals surface area contributed by atoms with Gasteiger partial charge in [0.25, 0.3) is 0 Å². The summed E-state index contributed by atoms with van der Waals surface area (Å²) in [5.41, 5.74) is 4.03. The van der Waals surface area contributed by atoms with E-state index in [1.54, 1.807) is 18.4 Å². The molecule has 0 aliphatic rings. The lowest BCUT2D eigenvalue weighted by Crippen LogP contribution is -2.00. The van der Waals surface area contributed by atoms with Crippen molar-refractivity contribution in [3.05, 3.63) is 58.6 Å². The Kier molecular flexibility index (Phi) is 4.57. The fraction of sp³-hybridized carbons (Fsp3) is 0.222. The third-order valence-electron chi connectivity index (χ3n) is 3.52. The molecule has 4 nitrogen and oxygen atoms in total. The fourth-order valence-corrected chi connectivity index (χ4v) is 3.33. The molecule has 0 unspecified atom stereocenters. The van der Waals surface area contributed by atoms with Gasteiger partial charge < -0.3 is 9.57 Å². The van der Waals surface area contributed by atoms with Gasteiger partial charge in [0.15, 0.2) is 0 Å². The van der Waals surface area contributed by atoms with Gasteiger partial charge in [-0.3, -0.25) is 0 Å². The molecule has 0 bridgehead atoms. The molecule has 0 amide bonds. The number of benzene rings is 2. The smallest absolute Gasteiger partial charge is 0.140 e. The molecule has 0 spiro atoms. The zero-order valence-corrected chi connectivity index (χ0v) is 14.2. The number of thiazole rings is 1. The van der Waals surface area contributed by atoms with Gasteiger partial charge in [0.1, 0.15) is 24.5 Å². The van der Waals surface area contributed by atoms with E-state index in [0.717, 1.165) is 33.1 Å². The number of hydrogen-bond donors (Lipinski definition) is 0. The standard InChI is InChI=1S/C18H18N2O2S/c1-12-10-14(8-9-15(12)13(2)20-21-3)22-11-18-19-16-6-4-5-7-17(16)23-18/h4-10H,11H2,1-3H3. The summed E-state index contributed by atoms with van der Waals surface area (Å²) in [4.78, 5) is 9.41. The lowest BCUT2D eigenvalue weighted by molar-refractivity contribution is 0.213. The van der Waals surface area contributed by atoms with Crippen LogP contribution in [0, 0.1) is 6.92 Å². The third-order valence-corrected chi connectivity index (χ3v) is 4.53. The van der Waals surface area contributed by atoms with E-state index >= 15 is 0 Å². The lowest BCUT2D eigenvalue weighted by Gasteiger charge is -2.09. The van der Waals surface area contributed by atoms with Gasteiger partial charge in [0.2, 0.25) is 0 Å². The van der Waals surface area contributed by atoms with E-state index in [2.05, 4.69) is 16.2 Å². The molecule has 118 valence electrons. The first-order valence-corrected chi connectivity index (χ1v) is 8.15. The maximum absolute atomic E-state index is 5.87. The van der Waals surface area contributed by atoms with Crippen molar-refractivity contribution in [1.82, 2.24) is 4.98 Å². The number of hydrogen-bond acceptors (Lipinski definition) is 5. The zero-order chi connectivity index (χ0) is 16.2. The Morgan fingerprint density at radius 1 is 1.22 bits per heavy atom. The highest BCUT2D eigenvalue weighted by Gasteiger charge is 2.07. The molecule has 0 saturated carbocycles. The molecule has 0 aliphatic heterocycles. The Morgan fingerprint density at radius 2 is 2.04 bits per heavy atom. The van der Waals surface area contributed by atoms with Crippen LogP contribution in [0.2, 0.25) is 0 Å². The predicted molar refractivity (Wildman–Crippen MR) is 94.4 cm³/mol. The molecule has 0 aliphatic carbocycles. The van der Waals surface area contributed by atoms with Gasteiger partial charge in [-0.05, 0) is 49.7 Å². The average Bonchev–Trinajstić information content (AvgIpc) is 2.96. The van der Waals surface area contributed by atoms with Gasteiger partial charge >= 0.3 is 0 Å². The summed E-state index contributed by atoms with van der Waals surface area (Å²) in [6.45, 7) is 4.44. The molecule has 3 aromatic rings. The summed E-state index contributed by atoms with van der Waals surface area (Å²) in [5.74, 6) is 0.829. The average molecular weight is 326 g/mol. The SMILES string of the molecule is CON=C(C)c1ccc(OCc2nc3ccccc3s2)cc1C. The van der Waals surface area contributed by atoms with Crippen molar-refractivity contribution in [3.8, 4) is 5.75 Å². The summed E-state index contributed by atoms with van der Waals surface area (Å²) in [7, 11) is 1.55. The molecule has 0 fully saturated rings. The molecule has 0 atom stereocenters. The van der Waals surface area contributed by atoms with E-state index in [-0.39, 0.29) is 0 Å². The maximum atomic E-state index is 5.87. The van der Waals surface area contributed by atoms with Crippen LogP contribution < -0.4 is 4.74 Å². The highest BCUT2D eigenvalue weighted by atomic mass is 32.1. The van der Waals surface area contributed by atoms with Crippen molar-refractivity contribution in [2.45, 2.75) is 20.5 Å². The molecule has 3 rings (SSSR count). The number of fused-ring (bicyclic) bond motifs is 1. The summed E-state index contributed by atoms with van der Waals surface area (Å²) in [6, 6.07) is 14.1. The number of oxime groups is 1. The number of ether oxygens (including phenoxy) is 1. The first-order chi connectivity index (χ1) is 11.2. The van der Waals surface area contributed by atoms with Crippen LogP contribution in [-0.4, -0.2) is 17.8 Å². The van der Waals surface area contributed by atoms with Gasteiger partial charge in [-0.15, -0.1) is 11.3 Å². The van der Waals surface area contributed by atoms with Crippen molar-refractivity contribution in [1.29, 1.82) is 0 Å². The highest BCUT2D eigenvalue weighted by Crippen LogP contribution is 2.24. The quantitative estimate of drug-likeness (QED) is 0.510. The van der Waals surface area contributed by atoms with Crippen LogP contribution in [-0.2, 0) is 11.4 Å². The first-order valence-electron chi connectivity index (χ1n) is 7.33. The molecular formula is C18H18N2O2S. The largest absolute Gasteiger partial charge is 0.486 e. The minimum atomic E-state index is 0.475. The van der Waals surface area contributed by atoms with Crippen LogP contribution >= 0.6 is 11.3 Å². The molecular weight excluding hydrogens is 308 g/mol. The second kappa shape index (κ2) is 6.79. The second-order valence-electron chi connectivity index (χ2n) is 5.20. The van der Waals surface area contributed by atoms with E-state index in [9.17, 15) is 0 Å². The highest BCUT2D eigenvalue weighted by molar-refractivity contribution is 7.18. The number of aromatic nitrogens is 1. The Hall–Kier alpha value is -2.40. The predicted octanol–water partition coefficient (Wildman–Crippen LogP) is 4.55. The van der Waals surface area contributed by atoms with Crippen LogP contribution in [0.5, 0.6) is 5.75 Å². The van der Waals surface area contributed by atoms with Crippen LogP contribution in [0.25, 0.3) is 10.2 Å². The number of aryl methyl sites for hydroxylation is 1. The number of para-hydroxylation sites is 1. The number of rotatable bonds is 5. The van der Waals surface area contributed by atoms with Crippen molar-refractivity contribution in [2.24, 2.45) is 5.16 Å². The topological polar surface area (TPSA) is 43.7 Å². The molecule has 23 heavy (non-hydrogen) atoms. The summed E-state index contributed by atoms with van der Waals surface area (Å²) in [6.07, 6.45) is 0. The van der Waals surface area contributed by atoms with Crippen molar-refractivity contribution < 1.29 is 9.57 Å². The maximum Gasteiger partial charge on any atom is 0.140 e. The van der Waals surface area contributed by atoms with Crippen LogP contribution in [0.4, 0.5) is 0 Å². The molecule has 0 saturated heterocycles. The lowest BCUT2D eigenvalue weighted by atomic mass is 10.1. The van der Waals surface area contributed by atoms with E-state index in [4.69, 9.17) is 9.57 Å². The molecule has 1 heterocycles. The van der Waals surface area contributed by atoms with Gasteiger partial charge in [-0.2, -0.15) is 0 Å². The molecule has 0 radical (unpaired) electrons. The van der Waals surface area contributed by atoms with Crippen LogP contribution in [0.1, 0.15) is 23.1 Å². The molecule has 5 heteroatoms. The van der Waals surface area contributed by atoms with Gasteiger partial charge in [-0.25, -0.2) is 4.98 Å². The Labute approximate surface area is 139 Å². The monoisotopic (exact) mass is 326 g/mol.